The van der Waals surface area contributed by atoms with E-state index in [9.17, 15) is 13.2 Å². The van der Waals surface area contributed by atoms with Crippen molar-refractivity contribution in [1.82, 2.24) is 9.38 Å². The van der Waals surface area contributed by atoms with Crippen molar-refractivity contribution >= 4 is 27.3 Å². The second-order valence-corrected chi connectivity index (χ2v) is 6.65. The van der Waals surface area contributed by atoms with E-state index in [1.807, 2.05) is 17.5 Å². The molecule has 1 aromatic carbocycles. The molecule has 0 unspecified atom stereocenters. The van der Waals surface area contributed by atoms with Crippen LogP contribution in [0.25, 0.3) is 5.65 Å². The van der Waals surface area contributed by atoms with Gasteiger partial charge in [-0.15, -0.1) is 0 Å². The van der Waals surface area contributed by atoms with Gasteiger partial charge < -0.3 is 9.72 Å². The lowest BCUT2D eigenvalue weighted by Crippen LogP contribution is -2.14. The average Bonchev–Trinajstić information content (AvgIpc) is 2.85. The monoisotopic (exact) mass is 330 g/mol. The van der Waals surface area contributed by atoms with Crippen LogP contribution in [0.4, 0.5) is 5.69 Å². The van der Waals surface area contributed by atoms with Crippen molar-refractivity contribution in [3.8, 4) is 0 Å². The number of pyridine rings is 1. The van der Waals surface area contributed by atoms with E-state index in [1.165, 1.54) is 24.3 Å². The number of imidazole rings is 1. The highest BCUT2D eigenvalue weighted by atomic mass is 32.2. The first-order valence-electron chi connectivity index (χ1n) is 6.72. The first-order valence-corrected chi connectivity index (χ1v) is 8.27. The number of nitrogens with zero attached hydrogens (tertiary/aromatic N) is 2. The minimum Gasteiger partial charge on any atom is -0.322 e. The van der Waals surface area contributed by atoms with Gasteiger partial charge in [-0.25, -0.2) is 18.5 Å². The van der Waals surface area contributed by atoms with Crippen molar-refractivity contribution < 1.29 is 13.2 Å². The fourth-order valence-corrected chi connectivity index (χ4v) is 2.70. The van der Waals surface area contributed by atoms with E-state index in [1.54, 1.807) is 18.3 Å². The molecule has 3 N–H and O–H groups in total. The topological polar surface area (TPSA) is 107 Å². The molecule has 2 heterocycles. The molecule has 23 heavy (non-hydrogen) atoms. The number of fused-ring (bicyclic) bond motifs is 1. The summed E-state index contributed by atoms with van der Waals surface area (Å²) >= 11 is 0. The van der Waals surface area contributed by atoms with E-state index in [0.717, 1.165) is 5.69 Å². The van der Waals surface area contributed by atoms with E-state index in [-0.39, 0.29) is 10.8 Å². The van der Waals surface area contributed by atoms with Crippen LogP contribution in [0.2, 0.25) is 0 Å². The van der Waals surface area contributed by atoms with Crippen LogP contribution in [-0.2, 0) is 10.0 Å². The highest BCUT2D eigenvalue weighted by Crippen LogP contribution is 2.15. The standard InChI is InChI=1S/C15H14N4O3S/c1-10-9-19-7-6-11(8-14(19)17-10)15(20)18-12-2-4-13(5-3-12)23(16,21)22/h2-9H,1H3,(H,18,20)(H2,16,21,22). The second kappa shape index (κ2) is 5.49. The van der Waals surface area contributed by atoms with Gasteiger partial charge in [0.05, 0.1) is 10.6 Å². The summed E-state index contributed by atoms with van der Waals surface area (Å²) < 4.78 is 24.2. The van der Waals surface area contributed by atoms with Gasteiger partial charge in [0.2, 0.25) is 10.0 Å². The number of carbonyl (C=O) groups is 1. The molecule has 0 aliphatic carbocycles. The zero-order valence-electron chi connectivity index (χ0n) is 12.2. The highest BCUT2D eigenvalue weighted by Gasteiger charge is 2.10. The lowest BCUT2D eigenvalue weighted by atomic mass is 10.2. The third-order valence-electron chi connectivity index (χ3n) is 3.28. The van der Waals surface area contributed by atoms with Crippen LogP contribution in [0.15, 0.2) is 53.7 Å². The van der Waals surface area contributed by atoms with Crippen LogP contribution in [0.3, 0.4) is 0 Å². The van der Waals surface area contributed by atoms with Crippen LogP contribution in [0, 0.1) is 6.92 Å². The maximum absolute atomic E-state index is 12.3. The summed E-state index contributed by atoms with van der Waals surface area (Å²) in [7, 11) is -3.75. The molecule has 3 aromatic rings. The molecule has 0 atom stereocenters. The number of sulfonamides is 1. The Labute approximate surface area is 132 Å². The molecule has 0 aliphatic rings. The number of nitrogens with one attached hydrogen (secondary N) is 1. The van der Waals surface area contributed by atoms with Gasteiger partial charge in [0, 0.05) is 23.6 Å². The zero-order chi connectivity index (χ0) is 16.6. The van der Waals surface area contributed by atoms with Gasteiger partial charge in [-0.3, -0.25) is 4.79 Å². The molecule has 118 valence electrons. The number of aryl methyl sites for hydroxylation is 1. The molecule has 0 saturated heterocycles. The molecule has 0 aliphatic heterocycles. The van der Waals surface area contributed by atoms with Gasteiger partial charge >= 0.3 is 0 Å². The predicted molar refractivity (Wildman–Crippen MR) is 85.7 cm³/mol. The van der Waals surface area contributed by atoms with Crippen LogP contribution in [0.1, 0.15) is 16.1 Å². The maximum Gasteiger partial charge on any atom is 0.255 e. The molecule has 0 saturated carbocycles. The van der Waals surface area contributed by atoms with Crippen LogP contribution >= 0.6 is 0 Å². The first-order chi connectivity index (χ1) is 10.8. The number of hydrogen-bond donors (Lipinski definition) is 2. The second-order valence-electron chi connectivity index (χ2n) is 5.09. The number of aromatic nitrogens is 2. The minimum atomic E-state index is -3.75. The predicted octanol–water partition coefficient (Wildman–Crippen LogP) is 1.54. The van der Waals surface area contributed by atoms with Gasteiger partial charge in [0.25, 0.3) is 5.91 Å². The number of carbonyl (C=O) groups excluding carboxylic acids is 1. The van der Waals surface area contributed by atoms with Crippen molar-refractivity contribution in [2.45, 2.75) is 11.8 Å². The van der Waals surface area contributed by atoms with Crippen molar-refractivity contribution in [3.05, 3.63) is 60.0 Å². The Kier molecular flexibility index (Phi) is 3.63. The summed E-state index contributed by atoms with van der Waals surface area (Å²) in [6.07, 6.45) is 3.62. The summed E-state index contributed by atoms with van der Waals surface area (Å²) in [5.41, 5.74) is 2.47. The Morgan fingerprint density at radius 1 is 1.22 bits per heavy atom. The molecule has 0 bridgehead atoms. The van der Waals surface area contributed by atoms with E-state index in [0.29, 0.717) is 16.9 Å². The first kappa shape index (κ1) is 15.2. The molecule has 2 aromatic heterocycles. The van der Waals surface area contributed by atoms with Crippen molar-refractivity contribution in [1.29, 1.82) is 0 Å². The molecule has 3 rings (SSSR count). The van der Waals surface area contributed by atoms with E-state index < -0.39 is 10.0 Å². The fraction of sp³-hybridized carbons (Fsp3) is 0.0667. The Balaban J connectivity index is 1.82. The van der Waals surface area contributed by atoms with Crippen molar-refractivity contribution in [3.63, 3.8) is 0 Å². The average molecular weight is 330 g/mol. The fourth-order valence-electron chi connectivity index (χ4n) is 2.18. The minimum absolute atomic E-state index is 0.00946. The van der Waals surface area contributed by atoms with Gasteiger partial charge in [-0.1, -0.05) is 0 Å². The van der Waals surface area contributed by atoms with Crippen molar-refractivity contribution in [2.75, 3.05) is 5.32 Å². The number of anilines is 1. The molecule has 0 spiro atoms. The lowest BCUT2D eigenvalue weighted by Gasteiger charge is -2.06. The number of nitrogens with two attached hydrogens (primary N) is 1. The number of primary sulfonamides is 1. The third kappa shape index (κ3) is 3.22. The third-order valence-corrected chi connectivity index (χ3v) is 4.21. The smallest absolute Gasteiger partial charge is 0.255 e. The number of rotatable bonds is 3. The van der Waals surface area contributed by atoms with Gasteiger partial charge in [-0.05, 0) is 43.3 Å². The zero-order valence-corrected chi connectivity index (χ0v) is 13.0. The molecular formula is C15H14N4O3S. The SMILES string of the molecule is Cc1cn2ccc(C(=O)Nc3ccc(S(N)(=O)=O)cc3)cc2n1. The Bertz CT molecular complexity index is 991. The van der Waals surface area contributed by atoms with E-state index >= 15 is 0 Å². The lowest BCUT2D eigenvalue weighted by molar-refractivity contribution is 0.102. The molecule has 0 radical (unpaired) electrons. The molecular weight excluding hydrogens is 316 g/mol. The Morgan fingerprint density at radius 3 is 2.57 bits per heavy atom. The van der Waals surface area contributed by atoms with Crippen molar-refractivity contribution in [2.24, 2.45) is 5.14 Å². The summed E-state index contributed by atoms with van der Waals surface area (Å²) in [6, 6.07) is 9.01. The summed E-state index contributed by atoms with van der Waals surface area (Å²) in [6.45, 7) is 1.87. The highest BCUT2D eigenvalue weighted by molar-refractivity contribution is 7.89. The summed E-state index contributed by atoms with van der Waals surface area (Å²) in [5, 5.41) is 7.73. The molecule has 1 amide bonds. The van der Waals surface area contributed by atoms with Gasteiger partial charge in [0.15, 0.2) is 0 Å². The maximum atomic E-state index is 12.3. The van der Waals surface area contributed by atoms with Crippen LogP contribution in [-0.4, -0.2) is 23.7 Å². The summed E-state index contributed by atoms with van der Waals surface area (Å²) in [5.74, 6) is -0.309. The molecule has 8 heteroatoms. The molecule has 0 fully saturated rings. The Hall–Kier alpha value is -2.71. The van der Waals surface area contributed by atoms with Crippen LogP contribution < -0.4 is 10.5 Å². The number of amides is 1. The normalized spacial score (nSPS) is 11.6. The number of hydrogen-bond acceptors (Lipinski definition) is 4. The largest absolute Gasteiger partial charge is 0.322 e. The van der Waals surface area contributed by atoms with E-state index in [2.05, 4.69) is 10.3 Å². The van der Waals surface area contributed by atoms with Crippen LogP contribution in [0.5, 0.6) is 0 Å². The quantitative estimate of drug-likeness (QED) is 0.759. The Morgan fingerprint density at radius 2 is 1.91 bits per heavy atom. The number of benzene rings is 1. The van der Waals surface area contributed by atoms with Gasteiger partial charge in [-0.2, -0.15) is 0 Å². The van der Waals surface area contributed by atoms with E-state index in [4.69, 9.17) is 5.14 Å². The molecule has 7 nitrogen and oxygen atoms in total. The van der Waals surface area contributed by atoms with Gasteiger partial charge in [0.1, 0.15) is 5.65 Å². The summed E-state index contributed by atoms with van der Waals surface area (Å²) in [4.78, 5) is 16.6.